The van der Waals surface area contributed by atoms with E-state index in [9.17, 15) is 4.79 Å². The zero-order valence-electron chi connectivity index (χ0n) is 13.3. The normalized spacial score (nSPS) is 9.35. The zero-order valence-corrected chi connectivity index (χ0v) is 13.3. The smallest absolute Gasteiger partial charge is 0.338 e. The Bertz CT molecular complexity index is 591. The van der Waals surface area contributed by atoms with Gasteiger partial charge in [0.25, 0.3) is 0 Å². The molecule has 5 heteroatoms. The molecule has 1 aromatic carbocycles. The van der Waals surface area contributed by atoms with E-state index in [1.165, 1.54) is 25.5 Å². The molecule has 0 fully saturated rings. The molecule has 0 aromatic heterocycles. The van der Waals surface area contributed by atoms with E-state index < -0.39 is 0 Å². The van der Waals surface area contributed by atoms with Gasteiger partial charge in [0, 0.05) is 11.9 Å². The minimum Gasteiger partial charge on any atom is -0.462 e. The number of hydrogen-bond acceptors (Lipinski definition) is 5. The lowest BCUT2D eigenvalue weighted by Gasteiger charge is -2.06. The van der Waals surface area contributed by atoms with Crippen molar-refractivity contribution in [3.05, 3.63) is 41.6 Å². The van der Waals surface area contributed by atoms with Gasteiger partial charge in [-0.15, -0.1) is 0 Å². The van der Waals surface area contributed by atoms with Crippen molar-refractivity contribution < 1.29 is 9.53 Å². The molecule has 0 aliphatic rings. The van der Waals surface area contributed by atoms with Gasteiger partial charge in [-0.3, -0.25) is 0 Å². The largest absolute Gasteiger partial charge is 0.462 e. The highest BCUT2D eigenvalue weighted by atomic mass is 16.5. The van der Waals surface area contributed by atoms with Crippen LogP contribution in [0.1, 0.15) is 49.4 Å². The predicted octanol–water partition coefficient (Wildman–Crippen LogP) is 4.16. The fraction of sp³-hybridized carbons (Fsp3) is 0.389. The van der Waals surface area contributed by atoms with E-state index in [2.05, 4.69) is 12.2 Å². The van der Waals surface area contributed by atoms with Crippen LogP contribution in [0, 0.1) is 22.7 Å². The number of nitriles is 2. The average molecular weight is 311 g/mol. The van der Waals surface area contributed by atoms with Crippen molar-refractivity contribution in [3.8, 4) is 12.1 Å². The van der Waals surface area contributed by atoms with Crippen molar-refractivity contribution >= 4 is 11.7 Å². The molecule has 5 nitrogen and oxygen atoms in total. The number of hydrogen-bond donors (Lipinski definition) is 1. The summed E-state index contributed by atoms with van der Waals surface area (Å²) < 4.78 is 5.22. The summed E-state index contributed by atoms with van der Waals surface area (Å²) in [5, 5.41) is 20.1. The number of allylic oxidation sites excluding steroid dienone is 1. The van der Waals surface area contributed by atoms with Crippen LogP contribution in [0.4, 0.5) is 5.69 Å². The summed E-state index contributed by atoms with van der Waals surface area (Å²) in [6.07, 6.45) is 6.88. The molecule has 0 heterocycles. The third kappa shape index (κ3) is 7.15. The molecule has 0 unspecified atom stereocenters. The Morgan fingerprint density at radius 2 is 1.78 bits per heavy atom. The number of nitrogens with zero attached hydrogens (tertiary/aromatic N) is 2. The summed E-state index contributed by atoms with van der Waals surface area (Å²) in [7, 11) is 0. The second kappa shape index (κ2) is 10.9. The maximum absolute atomic E-state index is 11.9. The van der Waals surface area contributed by atoms with Crippen LogP contribution >= 0.6 is 0 Å². The van der Waals surface area contributed by atoms with Crippen LogP contribution in [0.25, 0.3) is 0 Å². The van der Waals surface area contributed by atoms with Gasteiger partial charge < -0.3 is 10.1 Å². The van der Waals surface area contributed by atoms with Gasteiger partial charge >= 0.3 is 5.97 Å². The first-order valence-corrected chi connectivity index (χ1v) is 7.75. The molecule has 1 N–H and O–H groups in total. The minimum atomic E-state index is -0.336. The number of nitrogens with one attached hydrogen (secondary N) is 1. The Labute approximate surface area is 137 Å². The van der Waals surface area contributed by atoms with Gasteiger partial charge in [-0.25, -0.2) is 4.79 Å². The SMILES string of the molecule is CCCCCCCOC(=O)c1ccc(NC=C(C#N)C#N)cc1. The minimum absolute atomic E-state index is 0.0171. The van der Waals surface area contributed by atoms with Gasteiger partial charge in [-0.2, -0.15) is 10.5 Å². The van der Waals surface area contributed by atoms with Crippen LogP contribution in [0.3, 0.4) is 0 Å². The summed E-state index contributed by atoms with van der Waals surface area (Å²) in [4.78, 5) is 11.9. The van der Waals surface area contributed by atoms with Gasteiger partial charge in [0.15, 0.2) is 0 Å². The molecule has 0 atom stereocenters. The van der Waals surface area contributed by atoms with E-state index in [0.29, 0.717) is 17.9 Å². The molecular weight excluding hydrogens is 290 g/mol. The number of unbranched alkanes of at least 4 members (excludes halogenated alkanes) is 4. The second-order valence-corrected chi connectivity index (χ2v) is 5.05. The quantitative estimate of drug-likeness (QED) is 0.420. The average Bonchev–Trinajstić information content (AvgIpc) is 2.59. The molecule has 0 aliphatic heterocycles. The lowest BCUT2D eigenvalue weighted by molar-refractivity contribution is 0.0497. The van der Waals surface area contributed by atoms with E-state index in [0.717, 1.165) is 12.8 Å². The van der Waals surface area contributed by atoms with Gasteiger partial charge in [0.1, 0.15) is 17.7 Å². The second-order valence-electron chi connectivity index (χ2n) is 5.05. The Morgan fingerprint density at radius 1 is 1.13 bits per heavy atom. The number of anilines is 1. The first-order chi connectivity index (χ1) is 11.2. The Hall–Kier alpha value is -2.79. The van der Waals surface area contributed by atoms with Gasteiger partial charge in [0.05, 0.1) is 12.2 Å². The van der Waals surface area contributed by atoms with E-state index in [1.807, 2.05) is 0 Å². The van der Waals surface area contributed by atoms with Gasteiger partial charge in [-0.1, -0.05) is 32.6 Å². The molecule has 0 saturated carbocycles. The van der Waals surface area contributed by atoms with E-state index in [1.54, 1.807) is 36.4 Å². The highest BCUT2D eigenvalue weighted by molar-refractivity contribution is 5.89. The molecule has 0 bridgehead atoms. The Morgan fingerprint density at radius 3 is 2.39 bits per heavy atom. The first-order valence-electron chi connectivity index (χ1n) is 7.75. The van der Waals surface area contributed by atoms with Crippen LogP contribution in [0.15, 0.2) is 36.0 Å². The summed E-state index contributed by atoms with van der Waals surface area (Å²) in [5.41, 5.74) is 1.15. The van der Waals surface area contributed by atoms with E-state index in [4.69, 9.17) is 15.3 Å². The number of rotatable bonds is 9. The number of carbonyl (C=O) groups is 1. The maximum atomic E-state index is 11.9. The van der Waals surface area contributed by atoms with Crippen LogP contribution in [0.5, 0.6) is 0 Å². The van der Waals surface area contributed by atoms with Crippen molar-refractivity contribution in [2.24, 2.45) is 0 Å². The molecule has 0 spiro atoms. The van der Waals surface area contributed by atoms with Crippen LogP contribution in [-0.4, -0.2) is 12.6 Å². The summed E-state index contributed by atoms with van der Waals surface area (Å²) in [6.45, 7) is 2.61. The van der Waals surface area contributed by atoms with E-state index >= 15 is 0 Å². The summed E-state index contributed by atoms with van der Waals surface area (Å²) in [6, 6.07) is 10.2. The third-order valence-electron chi connectivity index (χ3n) is 3.23. The van der Waals surface area contributed by atoms with Crippen LogP contribution in [0.2, 0.25) is 0 Å². The molecule has 1 rings (SSSR count). The molecule has 1 aromatic rings. The Kier molecular flexibility index (Phi) is 8.63. The first kappa shape index (κ1) is 18.3. The molecule has 0 radical (unpaired) electrons. The highest BCUT2D eigenvalue weighted by Crippen LogP contribution is 2.11. The lowest BCUT2D eigenvalue weighted by atomic mass is 10.2. The van der Waals surface area contributed by atoms with Crippen LogP contribution in [-0.2, 0) is 4.74 Å². The van der Waals surface area contributed by atoms with Gasteiger partial charge in [-0.05, 0) is 30.7 Å². The molecule has 0 saturated heterocycles. The molecular formula is C18H21N3O2. The number of carbonyl (C=O) groups excluding carboxylic acids is 1. The topological polar surface area (TPSA) is 85.9 Å². The molecule has 120 valence electrons. The maximum Gasteiger partial charge on any atom is 0.338 e. The van der Waals surface area contributed by atoms with Crippen molar-refractivity contribution in [1.29, 1.82) is 10.5 Å². The molecule has 0 aliphatic carbocycles. The van der Waals surface area contributed by atoms with Gasteiger partial charge in [0.2, 0.25) is 0 Å². The molecule has 0 amide bonds. The van der Waals surface area contributed by atoms with Crippen molar-refractivity contribution in [2.45, 2.75) is 39.0 Å². The third-order valence-corrected chi connectivity index (χ3v) is 3.23. The Balaban J connectivity index is 2.41. The van der Waals surface area contributed by atoms with Crippen LogP contribution < -0.4 is 5.32 Å². The number of ether oxygens (including phenoxy) is 1. The van der Waals surface area contributed by atoms with E-state index in [-0.39, 0.29) is 11.5 Å². The van der Waals surface area contributed by atoms with Crippen molar-refractivity contribution in [1.82, 2.24) is 0 Å². The lowest BCUT2D eigenvalue weighted by Crippen LogP contribution is -2.06. The zero-order chi connectivity index (χ0) is 16.9. The summed E-state index contributed by atoms with van der Waals surface area (Å²) >= 11 is 0. The summed E-state index contributed by atoms with van der Waals surface area (Å²) in [5.74, 6) is -0.336. The standard InChI is InChI=1S/C18H21N3O2/c1-2-3-4-5-6-11-23-18(22)16-7-9-17(10-8-16)21-14-15(12-19)13-20/h7-10,14,21H,2-6,11H2,1H3. The highest BCUT2D eigenvalue weighted by Gasteiger charge is 2.06. The number of benzene rings is 1. The number of esters is 1. The predicted molar refractivity (Wildman–Crippen MR) is 88.4 cm³/mol. The fourth-order valence-corrected chi connectivity index (χ4v) is 1.90. The monoisotopic (exact) mass is 311 g/mol. The fourth-order valence-electron chi connectivity index (χ4n) is 1.90. The molecule has 23 heavy (non-hydrogen) atoms. The van der Waals surface area contributed by atoms with Crippen molar-refractivity contribution in [2.75, 3.05) is 11.9 Å². The van der Waals surface area contributed by atoms with Crippen molar-refractivity contribution in [3.63, 3.8) is 0 Å².